The van der Waals surface area contributed by atoms with Gasteiger partial charge in [-0.05, 0) is 35.7 Å². The largest absolute Gasteiger partial charge is 0.481 e. The minimum atomic E-state index is 0.413. The molecule has 0 aliphatic heterocycles. The van der Waals surface area contributed by atoms with Gasteiger partial charge in [0.05, 0.1) is 0 Å². The molecule has 0 aliphatic carbocycles. The molecule has 0 aromatic heterocycles. The lowest BCUT2D eigenvalue weighted by Gasteiger charge is -2.03. The van der Waals surface area contributed by atoms with Crippen LogP contribution in [0.15, 0.2) is 54.6 Å². The van der Waals surface area contributed by atoms with Crippen LogP contribution in [0.4, 0.5) is 0 Å². The van der Waals surface area contributed by atoms with E-state index in [2.05, 4.69) is 50.0 Å². The maximum Gasteiger partial charge on any atom is 0.149 e. The van der Waals surface area contributed by atoms with E-state index in [1.807, 2.05) is 30.3 Å². The predicted molar refractivity (Wildman–Crippen MR) is 79.3 cm³/mol. The first-order valence-corrected chi connectivity index (χ1v) is 6.52. The van der Waals surface area contributed by atoms with Gasteiger partial charge in [0.25, 0.3) is 0 Å². The maximum absolute atomic E-state index is 5.52. The van der Waals surface area contributed by atoms with Crippen LogP contribution in [0.1, 0.15) is 30.9 Å². The van der Waals surface area contributed by atoms with E-state index in [-0.39, 0.29) is 0 Å². The van der Waals surface area contributed by atoms with Crippen molar-refractivity contribution in [2.45, 2.75) is 19.8 Å². The van der Waals surface area contributed by atoms with Gasteiger partial charge in [-0.25, -0.2) is 0 Å². The number of ether oxygens (including phenoxy) is 1. The lowest BCUT2D eigenvalue weighted by Crippen LogP contribution is -1.93. The molecule has 2 rings (SSSR count). The third-order valence-electron chi connectivity index (χ3n) is 2.86. The summed E-state index contributed by atoms with van der Waals surface area (Å²) in [7, 11) is 0. The summed E-state index contributed by atoms with van der Waals surface area (Å²) in [5.74, 6) is 7.55. The summed E-state index contributed by atoms with van der Waals surface area (Å²) >= 11 is 0. The Morgan fingerprint density at radius 2 is 1.63 bits per heavy atom. The van der Waals surface area contributed by atoms with Crippen LogP contribution in [0.3, 0.4) is 0 Å². The Bertz CT molecular complexity index is 556. The Morgan fingerprint density at radius 3 is 2.26 bits per heavy atom. The second kappa shape index (κ2) is 6.66. The highest BCUT2D eigenvalue weighted by atomic mass is 16.5. The van der Waals surface area contributed by atoms with Gasteiger partial charge in [-0.2, -0.15) is 0 Å². The molecule has 0 bridgehead atoms. The first-order valence-electron chi connectivity index (χ1n) is 6.52. The van der Waals surface area contributed by atoms with E-state index in [4.69, 9.17) is 4.74 Å². The number of para-hydroxylation sites is 1. The van der Waals surface area contributed by atoms with Crippen molar-refractivity contribution in [2.24, 2.45) is 0 Å². The van der Waals surface area contributed by atoms with E-state index in [1.54, 1.807) is 0 Å². The molecule has 2 aromatic carbocycles. The third-order valence-corrected chi connectivity index (χ3v) is 2.86. The summed E-state index contributed by atoms with van der Waals surface area (Å²) in [5, 5.41) is 0. The van der Waals surface area contributed by atoms with Gasteiger partial charge in [0, 0.05) is 5.56 Å². The van der Waals surface area contributed by atoms with Crippen LogP contribution in [-0.4, -0.2) is 6.61 Å². The van der Waals surface area contributed by atoms with Crippen LogP contribution in [0, 0.1) is 11.8 Å². The molecule has 0 saturated heterocycles. The molecule has 2 aromatic rings. The van der Waals surface area contributed by atoms with Crippen molar-refractivity contribution in [3.63, 3.8) is 0 Å². The van der Waals surface area contributed by atoms with Crippen LogP contribution in [0.5, 0.6) is 5.75 Å². The molecule has 0 fully saturated rings. The van der Waals surface area contributed by atoms with E-state index >= 15 is 0 Å². The van der Waals surface area contributed by atoms with E-state index in [0.29, 0.717) is 12.5 Å². The molecular formula is C18H18O. The predicted octanol–water partition coefficient (Wildman–Crippen LogP) is 4.24. The molecule has 0 heterocycles. The SMILES string of the molecule is CC(C)c1ccc(C#CCOc2ccccc2)cc1. The van der Waals surface area contributed by atoms with Gasteiger partial charge in [-0.1, -0.05) is 56.0 Å². The third kappa shape index (κ3) is 4.19. The normalized spacial score (nSPS) is 9.84. The Labute approximate surface area is 115 Å². The number of rotatable bonds is 3. The Kier molecular flexibility index (Phi) is 4.64. The standard InChI is InChI=1S/C18H18O/c1-15(2)17-12-10-16(11-13-17)7-6-14-19-18-8-4-3-5-9-18/h3-5,8-13,15H,14H2,1-2H3. The van der Waals surface area contributed by atoms with Gasteiger partial charge in [-0.15, -0.1) is 0 Å². The fraction of sp³-hybridized carbons (Fsp3) is 0.222. The van der Waals surface area contributed by atoms with E-state index in [9.17, 15) is 0 Å². The van der Waals surface area contributed by atoms with Crippen molar-refractivity contribution in [1.82, 2.24) is 0 Å². The average Bonchev–Trinajstić information content (AvgIpc) is 2.45. The van der Waals surface area contributed by atoms with Crippen molar-refractivity contribution in [2.75, 3.05) is 6.61 Å². The van der Waals surface area contributed by atoms with Gasteiger partial charge in [-0.3, -0.25) is 0 Å². The van der Waals surface area contributed by atoms with Crippen LogP contribution in [-0.2, 0) is 0 Å². The minimum Gasteiger partial charge on any atom is -0.481 e. The summed E-state index contributed by atoms with van der Waals surface area (Å²) in [5.41, 5.74) is 2.37. The number of benzene rings is 2. The molecule has 0 saturated carbocycles. The quantitative estimate of drug-likeness (QED) is 0.740. The van der Waals surface area contributed by atoms with Crippen molar-refractivity contribution >= 4 is 0 Å². The lowest BCUT2D eigenvalue weighted by molar-refractivity contribution is 0.370. The monoisotopic (exact) mass is 250 g/mol. The van der Waals surface area contributed by atoms with Crippen molar-refractivity contribution in [3.8, 4) is 17.6 Å². The topological polar surface area (TPSA) is 9.23 Å². The maximum atomic E-state index is 5.52. The summed E-state index contributed by atoms with van der Waals surface area (Å²) in [6, 6.07) is 18.1. The number of hydrogen-bond donors (Lipinski definition) is 0. The Balaban J connectivity index is 1.90. The zero-order valence-corrected chi connectivity index (χ0v) is 11.4. The summed E-state index contributed by atoms with van der Waals surface area (Å²) in [4.78, 5) is 0. The molecule has 1 nitrogen and oxygen atoms in total. The molecule has 96 valence electrons. The van der Waals surface area contributed by atoms with Gasteiger partial charge < -0.3 is 4.74 Å². The highest BCUT2D eigenvalue weighted by Gasteiger charge is 1.96. The van der Waals surface area contributed by atoms with E-state index in [0.717, 1.165) is 11.3 Å². The molecule has 1 heteroatoms. The summed E-state index contributed by atoms with van der Waals surface area (Å²) in [6.45, 7) is 4.79. The Morgan fingerprint density at radius 1 is 0.947 bits per heavy atom. The second-order valence-corrected chi connectivity index (χ2v) is 4.68. The van der Waals surface area contributed by atoms with Gasteiger partial charge in [0.15, 0.2) is 0 Å². The molecule has 0 amide bonds. The summed E-state index contributed by atoms with van der Waals surface area (Å²) < 4.78 is 5.52. The molecule has 19 heavy (non-hydrogen) atoms. The molecule has 0 atom stereocenters. The smallest absolute Gasteiger partial charge is 0.149 e. The fourth-order valence-electron chi connectivity index (χ4n) is 1.73. The highest BCUT2D eigenvalue weighted by Crippen LogP contribution is 2.14. The van der Waals surface area contributed by atoms with E-state index < -0.39 is 0 Å². The van der Waals surface area contributed by atoms with Crippen LogP contribution in [0.2, 0.25) is 0 Å². The fourth-order valence-corrected chi connectivity index (χ4v) is 1.73. The average molecular weight is 250 g/mol. The van der Waals surface area contributed by atoms with Crippen molar-refractivity contribution in [3.05, 3.63) is 65.7 Å². The molecule has 0 unspecified atom stereocenters. The zero-order chi connectivity index (χ0) is 13.5. The molecule has 0 spiro atoms. The lowest BCUT2D eigenvalue weighted by atomic mass is 10.0. The van der Waals surface area contributed by atoms with Gasteiger partial charge in [0.1, 0.15) is 12.4 Å². The van der Waals surface area contributed by atoms with Crippen molar-refractivity contribution in [1.29, 1.82) is 0 Å². The van der Waals surface area contributed by atoms with Crippen molar-refractivity contribution < 1.29 is 4.74 Å². The van der Waals surface area contributed by atoms with Crippen LogP contribution in [0.25, 0.3) is 0 Å². The highest BCUT2D eigenvalue weighted by molar-refractivity contribution is 5.37. The zero-order valence-electron chi connectivity index (χ0n) is 11.4. The van der Waals surface area contributed by atoms with Crippen LogP contribution < -0.4 is 4.74 Å². The molecule has 0 aliphatic rings. The van der Waals surface area contributed by atoms with E-state index in [1.165, 1.54) is 5.56 Å². The van der Waals surface area contributed by atoms with Crippen LogP contribution >= 0.6 is 0 Å². The summed E-state index contributed by atoms with van der Waals surface area (Å²) in [6.07, 6.45) is 0. The Hall–Kier alpha value is -2.20. The molecule has 0 N–H and O–H groups in total. The minimum absolute atomic E-state index is 0.413. The molecular weight excluding hydrogens is 232 g/mol. The van der Waals surface area contributed by atoms with Gasteiger partial charge in [0.2, 0.25) is 0 Å². The number of hydrogen-bond acceptors (Lipinski definition) is 1. The first-order chi connectivity index (χ1) is 9.25. The second-order valence-electron chi connectivity index (χ2n) is 4.68. The molecule has 0 radical (unpaired) electrons. The first kappa shape index (κ1) is 13.2. The van der Waals surface area contributed by atoms with Gasteiger partial charge >= 0.3 is 0 Å².